The van der Waals surface area contributed by atoms with Crippen LogP contribution in [0.1, 0.15) is 19.8 Å². The van der Waals surface area contributed by atoms with Crippen LogP contribution in [0.4, 0.5) is 10.1 Å². The van der Waals surface area contributed by atoms with Crippen LogP contribution in [0.15, 0.2) is 24.3 Å². The predicted molar refractivity (Wildman–Crippen MR) is 78.3 cm³/mol. The number of halogens is 1. The molecule has 1 fully saturated rings. The van der Waals surface area contributed by atoms with Crippen LogP contribution in [0.3, 0.4) is 0 Å². The minimum absolute atomic E-state index is 0.0297. The number of nitrogens with one attached hydrogen (secondary N) is 2. The Morgan fingerprint density at radius 3 is 2.48 bits per heavy atom. The number of rotatable bonds is 5. The number of amides is 2. The first-order valence-electron chi connectivity index (χ1n) is 7.14. The van der Waals surface area contributed by atoms with Gasteiger partial charge in [0.1, 0.15) is 5.82 Å². The van der Waals surface area contributed by atoms with Crippen LogP contribution in [0.5, 0.6) is 0 Å². The van der Waals surface area contributed by atoms with Crippen molar-refractivity contribution < 1.29 is 14.0 Å². The van der Waals surface area contributed by atoms with Gasteiger partial charge in [0.25, 0.3) is 0 Å². The molecule has 0 aromatic heterocycles. The van der Waals surface area contributed by atoms with E-state index < -0.39 is 0 Å². The van der Waals surface area contributed by atoms with Gasteiger partial charge < -0.3 is 10.2 Å². The number of likely N-dealkylation sites (tertiary alicyclic amines) is 1. The minimum Gasteiger partial charge on any atom is -0.341 e. The Balaban J connectivity index is 1.75. The molecule has 0 bridgehead atoms. The van der Waals surface area contributed by atoms with Crippen molar-refractivity contribution in [3.05, 3.63) is 30.1 Å². The maximum atomic E-state index is 12.7. The van der Waals surface area contributed by atoms with Crippen LogP contribution in [0, 0.1) is 5.82 Å². The highest BCUT2D eigenvalue weighted by Gasteiger charge is 2.23. The van der Waals surface area contributed by atoms with E-state index in [0.29, 0.717) is 5.69 Å². The Labute approximate surface area is 123 Å². The molecule has 1 atom stereocenters. The number of nitrogens with zero attached hydrogens (tertiary/aromatic N) is 1. The summed E-state index contributed by atoms with van der Waals surface area (Å²) in [6.45, 7) is 3.39. The third kappa shape index (κ3) is 4.53. The van der Waals surface area contributed by atoms with Gasteiger partial charge in [-0.25, -0.2) is 4.39 Å². The van der Waals surface area contributed by atoms with E-state index in [-0.39, 0.29) is 30.2 Å². The molecule has 2 N–H and O–H groups in total. The maximum absolute atomic E-state index is 12.7. The van der Waals surface area contributed by atoms with Crippen molar-refractivity contribution in [2.75, 3.05) is 25.0 Å². The van der Waals surface area contributed by atoms with Gasteiger partial charge in [-0.1, -0.05) is 0 Å². The highest BCUT2D eigenvalue weighted by molar-refractivity contribution is 5.92. The average Bonchev–Trinajstić information content (AvgIpc) is 3.00. The molecule has 1 heterocycles. The third-order valence-electron chi connectivity index (χ3n) is 3.48. The first-order valence-corrected chi connectivity index (χ1v) is 7.14. The molecular formula is C15H20FN3O2. The van der Waals surface area contributed by atoms with Gasteiger partial charge in [0.05, 0.1) is 12.6 Å². The Morgan fingerprint density at radius 1 is 1.24 bits per heavy atom. The topological polar surface area (TPSA) is 61.4 Å². The highest BCUT2D eigenvalue weighted by atomic mass is 19.1. The van der Waals surface area contributed by atoms with E-state index in [9.17, 15) is 14.0 Å². The molecule has 5 nitrogen and oxygen atoms in total. The molecule has 21 heavy (non-hydrogen) atoms. The van der Waals surface area contributed by atoms with Gasteiger partial charge in [-0.2, -0.15) is 0 Å². The van der Waals surface area contributed by atoms with E-state index in [0.717, 1.165) is 25.9 Å². The zero-order valence-corrected chi connectivity index (χ0v) is 12.1. The number of carbonyl (C=O) groups excluding carboxylic acids is 2. The fourth-order valence-corrected chi connectivity index (χ4v) is 2.28. The summed E-state index contributed by atoms with van der Waals surface area (Å²) in [5.74, 6) is -0.583. The maximum Gasteiger partial charge on any atom is 0.239 e. The van der Waals surface area contributed by atoms with Crippen LogP contribution in [-0.4, -0.2) is 42.4 Å². The van der Waals surface area contributed by atoms with Crippen molar-refractivity contribution >= 4 is 17.5 Å². The Bertz CT molecular complexity index is 498. The van der Waals surface area contributed by atoms with Crippen molar-refractivity contribution in [1.29, 1.82) is 0 Å². The molecule has 2 rings (SSSR count). The Morgan fingerprint density at radius 2 is 1.86 bits per heavy atom. The van der Waals surface area contributed by atoms with E-state index in [2.05, 4.69) is 10.6 Å². The summed E-state index contributed by atoms with van der Waals surface area (Å²) in [4.78, 5) is 25.6. The van der Waals surface area contributed by atoms with Crippen LogP contribution >= 0.6 is 0 Å². The number of benzene rings is 1. The fraction of sp³-hybridized carbons (Fsp3) is 0.467. The van der Waals surface area contributed by atoms with E-state index in [4.69, 9.17) is 0 Å². The normalized spacial score (nSPS) is 15.8. The third-order valence-corrected chi connectivity index (χ3v) is 3.48. The standard InChI is InChI=1S/C15H20FN3O2/c1-11(15(21)19-8-2-3-9-19)17-10-14(20)18-13-6-4-12(16)5-7-13/h4-7,11,17H,2-3,8-10H2,1H3,(H,18,20). The molecule has 1 unspecified atom stereocenters. The van der Waals surface area contributed by atoms with Gasteiger partial charge in [0.15, 0.2) is 0 Å². The second-order valence-electron chi connectivity index (χ2n) is 5.19. The number of hydrogen-bond acceptors (Lipinski definition) is 3. The number of anilines is 1. The van der Waals surface area contributed by atoms with Crippen LogP contribution < -0.4 is 10.6 Å². The largest absolute Gasteiger partial charge is 0.341 e. The average molecular weight is 293 g/mol. The molecule has 0 saturated carbocycles. The van der Waals surface area contributed by atoms with Gasteiger partial charge in [0.2, 0.25) is 11.8 Å². The molecular weight excluding hydrogens is 273 g/mol. The van der Waals surface area contributed by atoms with Gasteiger partial charge in [-0.15, -0.1) is 0 Å². The predicted octanol–water partition coefficient (Wildman–Crippen LogP) is 1.36. The second-order valence-corrected chi connectivity index (χ2v) is 5.19. The summed E-state index contributed by atoms with van der Waals surface area (Å²) < 4.78 is 12.7. The molecule has 1 aliphatic rings. The molecule has 0 radical (unpaired) electrons. The first-order chi connectivity index (χ1) is 10.1. The molecule has 1 aromatic carbocycles. The van der Waals surface area contributed by atoms with Crippen molar-refractivity contribution in [2.24, 2.45) is 0 Å². The summed E-state index contributed by atoms with van der Waals surface area (Å²) >= 11 is 0. The van der Waals surface area contributed by atoms with Crippen molar-refractivity contribution in [3.63, 3.8) is 0 Å². The summed E-state index contributed by atoms with van der Waals surface area (Å²) in [5.41, 5.74) is 0.529. The number of hydrogen-bond donors (Lipinski definition) is 2. The van der Waals surface area contributed by atoms with Crippen molar-refractivity contribution in [2.45, 2.75) is 25.8 Å². The van der Waals surface area contributed by atoms with Crippen LogP contribution in [0.2, 0.25) is 0 Å². The van der Waals surface area contributed by atoms with Gasteiger partial charge in [-0.05, 0) is 44.0 Å². The molecule has 1 saturated heterocycles. The molecule has 2 amide bonds. The fourth-order valence-electron chi connectivity index (χ4n) is 2.28. The molecule has 0 aliphatic carbocycles. The number of carbonyl (C=O) groups is 2. The zero-order valence-electron chi connectivity index (χ0n) is 12.1. The molecule has 0 spiro atoms. The highest BCUT2D eigenvalue weighted by Crippen LogP contribution is 2.09. The first kappa shape index (κ1) is 15.4. The van der Waals surface area contributed by atoms with Gasteiger partial charge in [0, 0.05) is 18.8 Å². The quantitative estimate of drug-likeness (QED) is 0.862. The molecule has 1 aliphatic heterocycles. The molecule has 6 heteroatoms. The summed E-state index contributed by atoms with van der Waals surface area (Å²) in [5, 5.41) is 5.55. The van der Waals surface area contributed by atoms with E-state index in [1.807, 2.05) is 4.90 Å². The lowest BCUT2D eigenvalue weighted by molar-refractivity contribution is -0.132. The monoisotopic (exact) mass is 293 g/mol. The lowest BCUT2D eigenvalue weighted by Crippen LogP contribution is -2.45. The van der Waals surface area contributed by atoms with Gasteiger partial charge >= 0.3 is 0 Å². The van der Waals surface area contributed by atoms with Crippen molar-refractivity contribution in [1.82, 2.24) is 10.2 Å². The minimum atomic E-state index is -0.387. The SMILES string of the molecule is CC(NCC(=O)Nc1ccc(F)cc1)C(=O)N1CCCC1. The van der Waals surface area contributed by atoms with E-state index in [1.54, 1.807) is 6.92 Å². The summed E-state index contributed by atoms with van der Waals surface area (Å²) in [6.07, 6.45) is 2.09. The van der Waals surface area contributed by atoms with Crippen LogP contribution in [-0.2, 0) is 9.59 Å². The molecule has 1 aromatic rings. The zero-order chi connectivity index (χ0) is 15.2. The van der Waals surface area contributed by atoms with Crippen molar-refractivity contribution in [3.8, 4) is 0 Å². The second kappa shape index (κ2) is 7.17. The van der Waals surface area contributed by atoms with Gasteiger partial charge in [-0.3, -0.25) is 14.9 Å². The van der Waals surface area contributed by atoms with E-state index >= 15 is 0 Å². The van der Waals surface area contributed by atoms with Crippen LogP contribution in [0.25, 0.3) is 0 Å². The Hall–Kier alpha value is -1.95. The lowest BCUT2D eigenvalue weighted by Gasteiger charge is -2.21. The summed E-state index contributed by atoms with van der Waals surface area (Å²) in [6, 6.07) is 5.16. The van der Waals surface area contributed by atoms with E-state index in [1.165, 1.54) is 24.3 Å². The molecule has 114 valence electrons. The smallest absolute Gasteiger partial charge is 0.239 e. The summed E-state index contributed by atoms with van der Waals surface area (Å²) in [7, 11) is 0. The lowest BCUT2D eigenvalue weighted by atomic mass is 10.3. The Kier molecular flexibility index (Phi) is 5.27.